The van der Waals surface area contributed by atoms with Crippen molar-refractivity contribution in [2.24, 2.45) is 0 Å². The number of aromatic carboxylic acids is 1. The van der Waals surface area contributed by atoms with Crippen LogP contribution in [0.3, 0.4) is 0 Å². The van der Waals surface area contributed by atoms with Gasteiger partial charge in [-0.15, -0.1) is 0 Å². The molecular formula is C19H17N3O2. The fraction of sp³-hybridized carbons (Fsp3) is 0.105. The zero-order chi connectivity index (χ0) is 16.9. The number of carboxylic acid groups (broad SMARTS) is 1. The van der Waals surface area contributed by atoms with Gasteiger partial charge in [0.1, 0.15) is 0 Å². The zero-order valence-electron chi connectivity index (χ0n) is 13.2. The number of nitrogens with zero attached hydrogens (tertiary/aromatic N) is 2. The largest absolute Gasteiger partial charge is 0.478 e. The molecule has 3 rings (SSSR count). The summed E-state index contributed by atoms with van der Waals surface area (Å²) in [5.74, 6) is -0.941. The summed E-state index contributed by atoms with van der Waals surface area (Å²) >= 11 is 0. The highest BCUT2D eigenvalue weighted by Gasteiger charge is 2.07. The molecule has 5 nitrogen and oxygen atoms in total. The lowest BCUT2D eigenvalue weighted by molar-refractivity contribution is 0.0697. The van der Waals surface area contributed by atoms with Gasteiger partial charge in [0, 0.05) is 11.3 Å². The minimum atomic E-state index is -0.941. The maximum atomic E-state index is 11.1. The van der Waals surface area contributed by atoms with Crippen LogP contribution in [0.25, 0.3) is 11.3 Å². The van der Waals surface area contributed by atoms with E-state index in [2.05, 4.69) is 15.3 Å². The van der Waals surface area contributed by atoms with Crippen molar-refractivity contribution in [3.63, 3.8) is 0 Å². The van der Waals surface area contributed by atoms with Gasteiger partial charge in [-0.3, -0.25) is 4.98 Å². The summed E-state index contributed by atoms with van der Waals surface area (Å²) in [6, 6.07) is 14.9. The number of aromatic nitrogens is 2. The topological polar surface area (TPSA) is 75.1 Å². The molecule has 0 spiro atoms. The highest BCUT2D eigenvalue weighted by atomic mass is 16.4. The van der Waals surface area contributed by atoms with Crippen LogP contribution in [-0.2, 0) is 6.54 Å². The molecule has 120 valence electrons. The molecule has 3 aromatic rings. The van der Waals surface area contributed by atoms with Crippen LogP contribution in [0.1, 0.15) is 21.6 Å². The van der Waals surface area contributed by atoms with Gasteiger partial charge in [-0.25, -0.2) is 9.78 Å². The normalized spacial score (nSPS) is 10.4. The van der Waals surface area contributed by atoms with Crippen molar-refractivity contribution in [3.05, 3.63) is 77.7 Å². The summed E-state index contributed by atoms with van der Waals surface area (Å²) in [6.07, 6.45) is 3.44. The van der Waals surface area contributed by atoms with Crippen molar-refractivity contribution in [3.8, 4) is 11.3 Å². The maximum Gasteiger partial charge on any atom is 0.335 e. The molecule has 0 unspecified atom stereocenters. The van der Waals surface area contributed by atoms with E-state index in [-0.39, 0.29) is 5.56 Å². The molecule has 0 aliphatic rings. The van der Waals surface area contributed by atoms with E-state index >= 15 is 0 Å². The Bertz CT molecular complexity index is 863. The number of carboxylic acids is 1. The van der Waals surface area contributed by atoms with Crippen LogP contribution in [0.15, 0.2) is 60.9 Å². The zero-order valence-corrected chi connectivity index (χ0v) is 13.2. The lowest BCUT2D eigenvalue weighted by Crippen LogP contribution is -2.06. The second-order valence-electron chi connectivity index (χ2n) is 5.45. The van der Waals surface area contributed by atoms with E-state index in [1.807, 2.05) is 37.3 Å². The quantitative estimate of drug-likeness (QED) is 0.749. The van der Waals surface area contributed by atoms with Crippen molar-refractivity contribution in [2.45, 2.75) is 13.5 Å². The average Bonchev–Trinajstić information content (AvgIpc) is 2.62. The Hall–Kier alpha value is -3.21. The van der Waals surface area contributed by atoms with Crippen LogP contribution in [0, 0.1) is 6.92 Å². The van der Waals surface area contributed by atoms with E-state index in [0.29, 0.717) is 6.54 Å². The predicted molar refractivity (Wildman–Crippen MR) is 92.9 cm³/mol. The molecule has 0 bridgehead atoms. The molecule has 1 heterocycles. The predicted octanol–water partition coefficient (Wildman–Crippen LogP) is 3.76. The van der Waals surface area contributed by atoms with Crippen molar-refractivity contribution < 1.29 is 9.90 Å². The first-order chi connectivity index (χ1) is 11.6. The number of nitrogens with one attached hydrogen (secondary N) is 1. The maximum absolute atomic E-state index is 11.1. The van der Waals surface area contributed by atoms with Crippen LogP contribution in [0.5, 0.6) is 0 Å². The summed E-state index contributed by atoms with van der Waals surface area (Å²) in [4.78, 5) is 19.9. The molecule has 0 saturated carbocycles. The first-order valence-electron chi connectivity index (χ1n) is 7.57. The molecule has 0 radical (unpaired) electrons. The first-order valence-corrected chi connectivity index (χ1v) is 7.57. The smallest absolute Gasteiger partial charge is 0.335 e. The molecule has 2 aromatic carbocycles. The molecular weight excluding hydrogens is 302 g/mol. The molecule has 0 aliphatic heterocycles. The molecule has 24 heavy (non-hydrogen) atoms. The Morgan fingerprint density at radius 2 is 1.92 bits per heavy atom. The van der Waals surface area contributed by atoms with Crippen molar-refractivity contribution in [1.82, 2.24) is 9.97 Å². The van der Waals surface area contributed by atoms with Crippen LogP contribution in [0.4, 0.5) is 5.69 Å². The van der Waals surface area contributed by atoms with Gasteiger partial charge < -0.3 is 10.4 Å². The number of rotatable bonds is 5. The summed E-state index contributed by atoms with van der Waals surface area (Å²) in [7, 11) is 0. The Morgan fingerprint density at radius 3 is 2.67 bits per heavy atom. The second kappa shape index (κ2) is 6.91. The Kier molecular flexibility index (Phi) is 4.52. The minimum Gasteiger partial charge on any atom is -0.478 e. The van der Waals surface area contributed by atoms with Crippen molar-refractivity contribution in [1.29, 1.82) is 0 Å². The summed E-state index contributed by atoms with van der Waals surface area (Å²) < 4.78 is 0. The summed E-state index contributed by atoms with van der Waals surface area (Å²) in [6.45, 7) is 2.40. The fourth-order valence-electron chi connectivity index (χ4n) is 2.37. The van der Waals surface area contributed by atoms with Gasteiger partial charge in [0.25, 0.3) is 0 Å². The van der Waals surface area contributed by atoms with Gasteiger partial charge in [-0.05, 0) is 24.6 Å². The lowest BCUT2D eigenvalue weighted by atomic mass is 10.1. The third-order valence-corrected chi connectivity index (χ3v) is 3.70. The molecule has 0 atom stereocenters. The Morgan fingerprint density at radius 1 is 1.12 bits per heavy atom. The standard InChI is InChI=1S/C19H17N3O2/c1-13-7-8-15(19(23)24)9-17(13)21-11-16-10-20-12-18(22-16)14-5-3-2-4-6-14/h2-10,12,21H,11H2,1H3,(H,23,24). The number of anilines is 1. The average molecular weight is 319 g/mol. The third kappa shape index (κ3) is 3.57. The number of aryl methyl sites for hydroxylation is 1. The molecule has 5 heteroatoms. The number of hydrogen-bond donors (Lipinski definition) is 2. The molecule has 0 fully saturated rings. The van der Waals surface area contributed by atoms with Gasteiger partial charge >= 0.3 is 5.97 Å². The van der Waals surface area contributed by atoms with Crippen LogP contribution in [0.2, 0.25) is 0 Å². The van der Waals surface area contributed by atoms with Gasteiger partial charge in [0.2, 0.25) is 0 Å². The van der Waals surface area contributed by atoms with Crippen LogP contribution in [-0.4, -0.2) is 21.0 Å². The van der Waals surface area contributed by atoms with E-state index in [1.165, 1.54) is 0 Å². The summed E-state index contributed by atoms with van der Waals surface area (Å²) in [5.41, 5.74) is 4.62. The molecule has 2 N–H and O–H groups in total. The third-order valence-electron chi connectivity index (χ3n) is 3.70. The van der Waals surface area contributed by atoms with Gasteiger partial charge in [-0.1, -0.05) is 36.4 Å². The lowest BCUT2D eigenvalue weighted by Gasteiger charge is -2.10. The number of benzene rings is 2. The van der Waals surface area contributed by atoms with Crippen LogP contribution >= 0.6 is 0 Å². The van der Waals surface area contributed by atoms with Gasteiger partial charge in [0.15, 0.2) is 0 Å². The number of hydrogen-bond acceptors (Lipinski definition) is 4. The van der Waals surface area contributed by atoms with E-state index < -0.39 is 5.97 Å². The van der Waals surface area contributed by atoms with Gasteiger partial charge in [0.05, 0.1) is 35.9 Å². The summed E-state index contributed by atoms with van der Waals surface area (Å²) in [5, 5.41) is 12.3. The molecule has 1 aromatic heterocycles. The second-order valence-corrected chi connectivity index (χ2v) is 5.45. The minimum absolute atomic E-state index is 0.257. The molecule has 0 aliphatic carbocycles. The van der Waals surface area contributed by atoms with Gasteiger partial charge in [-0.2, -0.15) is 0 Å². The van der Waals surface area contributed by atoms with E-state index in [9.17, 15) is 4.79 Å². The Labute approximate surface area is 140 Å². The van der Waals surface area contributed by atoms with E-state index in [1.54, 1.807) is 30.6 Å². The highest BCUT2D eigenvalue weighted by molar-refractivity contribution is 5.89. The van der Waals surface area contributed by atoms with Crippen LogP contribution < -0.4 is 5.32 Å². The first kappa shape index (κ1) is 15.7. The van der Waals surface area contributed by atoms with Crippen molar-refractivity contribution >= 4 is 11.7 Å². The fourth-order valence-corrected chi connectivity index (χ4v) is 2.37. The van der Waals surface area contributed by atoms with E-state index in [0.717, 1.165) is 28.2 Å². The molecule has 0 amide bonds. The molecule has 0 saturated heterocycles. The monoisotopic (exact) mass is 319 g/mol. The van der Waals surface area contributed by atoms with Crippen molar-refractivity contribution in [2.75, 3.05) is 5.32 Å². The van der Waals surface area contributed by atoms with E-state index in [4.69, 9.17) is 5.11 Å². The number of carbonyl (C=O) groups is 1. The SMILES string of the molecule is Cc1ccc(C(=O)O)cc1NCc1cncc(-c2ccccc2)n1. The Balaban J connectivity index is 1.78. The highest BCUT2D eigenvalue weighted by Crippen LogP contribution is 2.19.